The molecule has 3 atom stereocenters. The molecule has 5 heterocycles. The number of aryl methyl sites for hydroxylation is 1. The summed E-state index contributed by atoms with van der Waals surface area (Å²) in [7, 11) is 1.77. The second-order valence-electron chi connectivity index (χ2n) is 9.34. The van der Waals surface area contributed by atoms with Crippen LogP contribution >= 0.6 is 11.6 Å². The van der Waals surface area contributed by atoms with Gasteiger partial charge in [0.2, 0.25) is 5.95 Å². The van der Waals surface area contributed by atoms with Crippen molar-refractivity contribution in [1.82, 2.24) is 24.3 Å². The lowest BCUT2D eigenvalue weighted by Crippen LogP contribution is -2.58. The van der Waals surface area contributed by atoms with Gasteiger partial charge in [0, 0.05) is 49.5 Å². The van der Waals surface area contributed by atoms with E-state index < -0.39 is 0 Å². The molecule has 2 bridgehead atoms. The lowest BCUT2D eigenvalue weighted by molar-refractivity contribution is 0.213. The molecule has 4 aromatic rings. The van der Waals surface area contributed by atoms with Gasteiger partial charge in [0.1, 0.15) is 17.4 Å². The smallest absolute Gasteiger partial charge is 0.264 e. The van der Waals surface area contributed by atoms with Crippen LogP contribution in [0.4, 0.5) is 5.95 Å². The van der Waals surface area contributed by atoms with Gasteiger partial charge in [0.25, 0.3) is 5.56 Å². The van der Waals surface area contributed by atoms with Crippen LogP contribution in [0.5, 0.6) is 0 Å². The van der Waals surface area contributed by atoms with Gasteiger partial charge in [-0.1, -0.05) is 17.7 Å². The van der Waals surface area contributed by atoms with Gasteiger partial charge in [-0.3, -0.25) is 14.0 Å². The van der Waals surface area contributed by atoms with Gasteiger partial charge < -0.3 is 15.6 Å². The fourth-order valence-corrected chi connectivity index (χ4v) is 6.11. The van der Waals surface area contributed by atoms with E-state index in [0.29, 0.717) is 68.2 Å². The molecule has 174 valence electrons. The van der Waals surface area contributed by atoms with Crippen LogP contribution in [0.3, 0.4) is 0 Å². The zero-order valence-electron chi connectivity index (χ0n) is 19.0. The largest absolute Gasteiger partial charge is 0.345 e. The number of H-pyrrole nitrogens is 1. The monoisotopic (exact) mass is 476 g/mol. The van der Waals surface area contributed by atoms with E-state index in [-0.39, 0.29) is 11.6 Å². The Morgan fingerprint density at radius 1 is 1.29 bits per heavy atom. The zero-order chi connectivity index (χ0) is 23.7. The number of halogens is 1. The molecule has 34 heavy (non-hydrogen) atoms. The minimum absolute atomic E-state index is 0.136. The average Bonchev–Trinajstić information content (AvgIpc) is 3.43. The Morgan fingerprint density at radius 3 is 2.79 bits per heavy atom. The van der Waals surface area contributed by atoms with Crippen LogP contribution in [-0.2, 0) is 13.6 Å². The number of aromatic amines is 1. The molecule has 2 saturated heterocycles. The molecule has 0 spiro atoms. The van der Waals surface area contributed by atoms with Crippen LogP contribution in [0.15, 0.2) is 23.1 Å². The number of fused-ring (bicyclic) bond motifs is 5. The number of piperidine rings is 2. The zero-order valence-corrected chi connectivity index (χ0v) is 19.8. The van der Waals surface area contributed by atoms with E-state index in [1.165, 1.54) is 0 Å². The fourth-order valence-electron chi connectivity index (χ4n) is 5.76. The van der Waals surface area contributed by atoms with Crippen LogP contribution in [0.25, 0.3) is 33.1 Å². The Hall–Kier alpha value is -3.35. The van der Waals surface area contributed by atoms with Gasteiger partial charge in [-0.15, -0.1) is 0 Å². The molecule has 3 aromatic heterocycles. The van der Waals surface area contributed by atoms with E-state index in [2.05, 4.69) is 21.1 Å². The molecule has 10 heteroatoms. The van der Waals surface area contributed by atoms with Crippen molar-refractivity contribution in [2.24, 2.45) is 18.7 Å². The third-order valence-corrected chi connectivity index (χ3v) is 7.97. The molecular formula is C24H25ClN8O. The van der Waals surface area contributed by atoms with Crippen molar-refractivity contribution in [1.29, 1.82) is 5.26 Å². The number of nitrogens with two attached hydrogens (primary N) is 1. The highest BCUT2D eigenvalue weighted by atomic mass is 35.5. The summed E-state index contributed by atoms with van der Waals surface area (Å²) in [5.74, 6) is 1.10. The first-order valence-electron chi connectivity index (χ1n) is 11.6. The van der Waals surface area contributed by atoms with Crippen LogP contribution < -0.4 is 16.2 Å². The first-order chi connectivity index (χ1) is 16.4. The Labute approximate surface area is 200 Å². The third kappa shape index (κ3) is 2.85. The van der Waals surface area contributed by atoms with E-state index in [0.717, 1.165) is 25.8 Å². The molecule has 0 amide bonds. The Kier molecular flexibility index (Phi) is 4.73. The van der Waals surface area contributed by atoms with E-state index in [1.54, 1.807) is 22.5 Å². The predicted molar refractivity (Wildman–Crippen MR) is 132 cm³/mol. The topological polar surface area (TPSA) is 122 Å². The molecule has 0 radical (unpaired) electrons. The average molecular weight is 477 g/mol. The molecule has 2 aliphatic heterocycles. The maximum absolute atomic E-state index is 13.6. The van der Waals surface area contributed by atoms with Crippen molar-refractivity contribution >= 4 is 39.5 Å². The summed E-state index contributed by atoms with van der Waals surface area (Å²) < 4.78 is 3.27. The van der Waals surface area contributed by atoms with Crippen LogP contribution in [-0.4, -0.2) is 42.9 Å². The fraction of sp³-hybridized carbons (Fsp3) is 0.417. The van der Waals surface area contributed by atoms with Crippen molar-refractivity contribution in [3.63, 3.8) is 0 Å². The summed E-state index contributed by atoms with van der Waals surface area (Å²) in [5.41, 5.74) is 9.10. The number of hydrogen-bond donors (Lipinski definition) is 2. The van der Waals surface area contributed by atoms with Gasteiger partial charge in [0.15, 0.2) is 0 Å². The molecule has 0 unspecified atom stereocenters. The molecule has 3 fully saturated rings. The highest BCUT2D eigenvalue weighted by molar-refractivity contribution is 6.39. The summed E-state index contributed by atoms with van der Waals surface area (Å²) in [6.07, 6.45) is 4.90. The number of anilines is 1. The number of nitriles is 1. The summed E-state index contributed by atoms with van der Waals surface area (Å²) in [6, 6.07) is 6.43. The lowest BCUT2D eigenvalue weighted by atomic mass is 9.77. The van der Waals surface area contributed by atoms with Crippen molar-refractivity contribution in [3.05, 3.63) is 39.4 Å². The van der Waals surface area contributed by atoms with Crippen molar-refractivity contribution < 1.29 is 0 Å². The van der Waals surface area contributed by atoms with Gasteiger partial charge in [-0.2, -0.15) is 15.3 Å². The number of nitrogens with one attached hydrogen (secondary N) is 1. The Morgan fingerprint density at radius 2 is 2.12 bits per heavy atom. The first-order valence-corrected chi connectivity index (χ1v) is 12.0. The van der Waals surface area contributed by atoms with E-state index in [4.69, 9.17) is 22.3 Å². The molecule has 1 aliphatic carbocycles. The minimum atomic E-state index is -0.136. The normalized spacial score (nSPS) is 22.1. The van der Waals surface area contributed by atoms with E-state index in [1.807, 2.05) is 19.1 Å². The quantitative estimate of drug-likeness (QED) is 0.468. The highest BCUT2D eigenvalue weighted by Crippen LogP contribution is 2.39. The SMILES string of the molecule is CCn1nc2ccc(-c3c[nH]c4nc(N5C[C@H]6CC[C@H]5C[C@H]6N)n(C)c(=O)c34)c(Cl)c2c1C#N. The highest BCUT2D eigenvalue weighted by Gasteiger charge is 2.40. The van der Waals surface area contributed by atoms with Gasteiger partial charge in [0.05, 0.1) is 21.3 Å². The number of benzene rings is 1. The third-order valence-electron chi connectivity index (χ3n) is 7.58. The molecule has 3 N–H and O–H groups in total. The molecule has 1 saturated carbocycles. The number of nitrogens with zero attached hydrogens (tertiary/aromatic N) is 6. The van der Waals surface area contributed by atoms with Crippen molar-refractivity contribution in [2.45, 2.75) is 44.8 Å². The van der Waals surface area contributed by atoms with E-state index >= 15 is 0 Å². The van der Waals surface area contributed by atoms with Crippen LogP contribution in [0.1, 0.15) is 31.9 Å². The maximum atomic E-state index is 13.6. The van der Waals surface area contributed by atoms with Crippen LogP contribution in [0.2, 0.25) is 5.02 Å². The Bertz CT molecular complexity index is 1560. The standard InChI is InChI=1S/C24H25ClN8O/c1-3-33-18(9-26)20-17(30-33)7-6-14(21(20)25)15-10-28-22-19(15)23(34)31(2)24(29-22)32-11-12-4-5-13(32)8-16(12)27/h6-7,10,12-13,16,28H,3-5,8,11,27H2,1-2H3/t12-,13+,16-/m1/s1. The summed E-state index contributed by atoms with van der Waals surface area (Å²) in [6.45, 7) is 3.31. The van der Waals surface area contributed by atoms with Crippen molar-refractivity contribution in [3.8, 4) is 17.2 Å². The van der Waals surface area contributed by atoms with Gasteiger partial charge in [-0.05, 0) is 38.2 Å². The molecule has 1 aromatic carbocycles. The van der Waals surface area contributed by atoms with Crippen molar-refractivity contribution in [2.75, 3.05) is 11.4 Å². The number of hydrogen-bond acceptors (Lipinski definition) is 6. The maximum Gasteiger partial charge on any atom is 0.264 e. The minimum Gasteiger partial charge on any atom is -0.345 e. The second kappa shape index (κ2) is 7.58. The first kappa shape index (κ1) is 21.2. The molecule has 9 nitrogen and oxygen atoms in total. The van der Waals surface area contributed by atoms with Gasteiger partial charge >= 0.3 is 0 Å². The van der Waals surface area contributed by atoms with Crippen LogP contribution in [0, 0.1) is 17.2 Å². The summed E-state index contributed by atoms with van der Waals surface area (Å²) in [5, 5.41) is 15.7. The summed E-state index contributed by atoms with van der Waals surface area (Å²) in [4.78, 5) is 23.9. The lowest BCUT2D eigenvalue weighted by Gasteiger charge is -2.49. The number of aromatic nitrogens is 5. The van der Waals surface area contributed by atoms with Gasteiger partial charge in [-0.25, -0.2) is 0 Å². The molecular weight excluding hydrogens is 452 g/mol. The predicted octanol–water partition coefficient (Wildman–Crippen LogP) is 3.14. The Balaban J connectivity index is 1.51. The second-order valence-corrected chi connectivity index (χ2v) is 9.72. The summed E-state index contributed by atoms with van der Waals surface area (Å²) >= 11 is 6.82. The molecule has 3 aliphatic rings. The molecule has 7 rings (SSSR count). The number of rotatable bonds is 3. The van der Waals surface area contributed by atoms with E-state index in [9.17, 15) is 10.1 Å².